The molecule has 0 atom stereocenters. The highest BCUT2D eigenvalue weighted by Gasteiger charge is 2.41. The fourth-order valence-corrected chi connectivity index (χ4v) is 3.73. The van der Waals surface area contributed by atoms with Crippen LogP contribution in [0.2, 0.25) is 0 Å². The molecule has 1 saturated carbocycles. The van der Waals surface area contributed by atoms with Gasteiger partial charge in [0.1, 0.15) is 0 Å². The third-order valence-electron chi connectivity index (χ3n) is 5.09. The number of hydrogen-bond donors (Lipinski definition) is 2. The van der Waals surface area contributed by atoms with Crippen LogP contribution in [0.25, 0.3) is 0 Å². The van der Waals surface area contributed by atoms with Crippen molar-refractivity contribution < 1.29 is 4.79 Å². The fraction of sp³-hybridized carbons (Fsp3) is 0.619. The lowest BCUT2D eigenvalue weighted by Gasteiger charge is -2.29. The van der Waals surface area contributed by atoms with Crippen molar-refractivity contribution in [2.24, 2.45) is 10.4 Å². The lowest BCUT2D eigenvalue weighted by atomic mass is 9.85. The molecule has 1 aromatic rings. The Hall–Kier alpha value is -1.31. The van der Waals surface area contributed by atoms with Crippen molar-refractivity contribution in [1.29, 1.82) is 0 Å². The number of aryl methyl sites for hydroxylation is 1. The predicted octanol–water partition coefficient (Wildman–Crippen LogP) is 3.36. The zero-order chi connectivity index (χ0) is 19.0. The summed E-state index contributed by atoms with van der Waals surface area (Å²) in [6.07, 6.45) is 5.07. The summed E-state index contributed by atoms with van der Waals surface area (Å²) in [6.45, 7) is 6.37. The molecule has 0 bridgehead atoms. The van der Waals surface area contributed by atoms with E-state index in [0.717, 1.165) is 51.2 Å². The molecule has 0 heterocycles. The van der Waals surface area contributed by atoms with Crippen molar-refractivity contribution in [1.82, 2.24) is 15.5 Å². The first-order valence-corrected chi connectivity index (χ1v) is 9.76. The third kappa shape index (κ3) is 6.97. The number of guanidine groups is 1. The smallest absolute Gasteiger partial charge is 0.230 e. The van der Waals surface area contributed by atoms with E-state index in [1.807, 2.05) is 14.1 Å². The average Bonchev–Trinajstić information content (AvgIpc) is 3.09. The zero-order valence-electron chi connectivity index (χ0n) is 17.2. The second-order valence-electron chi connectivity index (χ2n) is 7.55. The summed E-state index contributed by atoms with van der Waals surface area (Å²) in [5.74, 6) is 1.02. The van der Waals surface area contributed by atoms with Gasteiger partial charge >= 0.3 is 0 Å². The molecule has 2 N–H and O–H groups in total. The monoisotopic (exact) mass is 486 g/mol. The Morgan fingerprint density at radius 3 is 2.52 bits per heavy atom. The molecule has 27 heavy (non-hydrogen) atoms. The van der Waals surface area contributed by atoms with Crippen LogP contribution in [0, 0.1) is 12.3 Å². The minimum absolute atomic E-state index is 0. The lowest BCUT2D eigenvalue weighted by molar-refractivity contribution is -0.138. The number of hydrogen-bond acceptors (Lipinski definition) is 2. The second kappa shape index (κ2) is 11.5. The predicted molar refractivity (Wildman–Crippen MR) is 124 cm³/mol. The van der Waals surface area contributed by atoms with Crippen molar-refractivity contribution in [2.45, 2.75) is 46.0 Å². The van der Waals surface area contributed by atoms with Crippen LogP contribution in [0.5, 0.6) is 0 Å². The van der Waals surface area contributed by atoms with Crippen molar-refractivity contribution in [3.05, 3.63) is 35.4 Å². The van der Waals surface area contributed by atoms with E-state index in [1.54, 1.807) is 4.90 Å². The molecule has 152 valence electrons. The van der Waals surface area contributed by atoms with Crippen LogP contribution in [0.15, 0.2) is 29.3 Å². The second-order valence-corrected chi connectivity index (χ2v) is 7.55. The van der Waals surface area contributed by atoms with E-state index in [-0.39, 0.29) is 35.3 Å². The van der Waals surface area contributed by atoms with Gasteiger partial charge in [-0.15, -0.1) is 24.0 Å². The van der Waals surface area contributed by atoms with E-state index in [4.69, 9.17) is 4.99 Å². The van der Waals surface area contributed by atoms with Gasteiger partial charge in [0, 0.05) is 27.2 Å². The van der Waals surface area contributed by atoms with Gasteiger partial charge in [-0.2, -0.15) is 0 Å². The first-order chi connectivity index (χ1) is 12.5. The molecule has 1 fully saturated rings. The van der Waals surface area contributed by atoms with E-state index >= 15 is 0 Å². The van der Waals surface area contributed by atoms with E-state index in [0.29, 0.717) is 6.54 Å². The normalized spacial score (nSPS) is 15.8. The molecular weight excluding hydrogens is 451 g/mol. The van der Waals surface area contributed by atoms with Crippen LogP contribution >= 0.6 is 24.0 Å². The van der Waals surface area contributed by atoms with E-state index in [9.17, 15) is 4.79 Å². The molecule has 0 aliphatic heterocycles. The van der Waals surface area contributed by atoms with Gasteiger partial charge < -0.3 is 15.5 Å². The topological polar surface area (TPSA) is 56.7 Å². The Balaban J connectivity index is 0.00000364. The van der Waals surface area contributed by atoms with Crippen LogP contribution < -0.4 is 10.6 Å². The van der Waals surface area contributed by atoms with Gasteiger partial charge in [-0.25, -0.2) is 0 Å². The summed E-state index contributed by atoms with van der Waals surface area (Å²) >= 11 is 0. The minimum Gasteiger partial charge on any atom is -0.357 e. The van der Waals surface area contributed by atoms with Crippen molar-refractivity contribution >= 4 is 35.8 Å². The van der Waals surface area contributed by atoms with E-state index < -0.39 is 0 Å². The molecule has 1 aliphatic carbocycles. The van der Waals surface area contributed by atoms with Gasteiger partial charge in [-0.05, 0) is 38.7 Å². The Kier molecular flexibility index (Phi) is 10.1. The van der Waals surface area contributed by atoms with Crippen LogP contribution in [-0.2, 0) is 11.2 Å². The number of aliphatic imine (C=N–C) groups is 1. The van der Waals surface area contributed by atoms with Gasteiger partial charge in [0.25, 0.3) is 0 Å². The van der Waals surface area contributed by atoms with Crippen LogP contribution in [0.1, 0.15) is 43.7 Å². The van der Waals surface area contributed by atoms with Gasteiger partial charge in [0.2, 0.25) is 5.91 Å². The van der Waals surface area contributed by atoms with E-state index in [2.05, 4.69) is 48.7 Å². The Bertz CT molecular complexity index is 624. The highest BCUT2D eigenvalue weighted by atomic mass is 127. The van der Waals surface area contributed by atoms with Gasteiger partial charge in [0.15, 0.2) is 5.96 Å². The van der Waals surface area contributed by atoms with Crippen LogP contribution in [0.4, 0.5) is 0 Å². The molecular formula is C21H35IN4O. The average molecular weight is 486 g/mol. The minimum atomic E-state index is -0.317. The molecule has 0 radical (unpaired) electrons. The number of rotatable bonds is 7. The van der Waals surface area contributed by atoms with Gasteiger partial charge in [-0.1, -0.05) is 42.7 Å². The van der Waals surface area contributed by atoms with Crippen molar-refractivity contribution in [2.75, 3.05) is 33.7 Å². The Labute approximate surface area is 181 Å². The highest BCUT2D eigenvalue weighted by molar-refractivity contribution is 14.0. The number of carbonyl (C=O) groups is 1. The maximum absolute atomic E-state index is 12.7. The SMILES string of the molecule is CCNC(=NCC1(C(=O)N(C)C)CCCC1)NCCc1cccc(C)c1.I. The molecule has 6 heteroatoms. The summed E-state index contributed by atoms with van der Waals surface area (Å²) in [6, 6.07) is 8.59. The van der Waals surface area contributed by atoms with Crippen molar-refractivity contribution in [3.63, 3.8) is 0 Å². The first-order valence-electron chi connectivity index (χ1n) is 9.76. The molecule has 0 unspecified atom stereocenters. The molecule has 1 aliphatic rings. The van der Waals surface area contributed by atoms with Crippen molar-refractivity contribution in [3.8, 4) is 0 Å². The molecule has 5 nitrogen and oxygen atoms in total. The summed E-state index contributed by atoms with van der Waals surface area (Å²) in [7, 11) is 3.69. The van der Waals surface area contributed by atoms with Gasteiger partial charge in [-0.3, -0.25) is 9.79 Å². The number of halogens is 1. The number of carbonyl (C=O) groups excluding carboxylic acids is 1. The Morgan fingerprint density at radius 2 is 1.93 bits per heavy atom. The maximum Gasteiger partial charge on any atom is 0.230 e. The largest absolute Gasteiger partial charge is 0.357 e. The molecule has 0 aromatic heterocycles. The fourth-order valence-electron chi connectivity index (χ4n) is 3.73. The standard InChI is InChI=1S/C21H34N4O.HI/c1-5-22-20(23-14-11-18-10-8-9-17(2)15-18)24-16-21(12-6-7-13-21)19(26)25(3)4;/h8-10,15H,5-7,11-14,16H2,1-4H3,(H2,22,23,24);1H. The Morgan fingerprint density at radius 1 is 1.22 bits per heavy atom. The molecule has 1 aromatic carbocycles. The highest BCUT2D eigenvalue weighted by Crippen LogP contribution is 2.39. The van der Waals surface area contributed by atoms with E-state index in [1.165, 1.54) is 11.1 Å². The summed E-state index contributed by atoms with van der Waals surface area (Å²) in [5.41, 5.74) is 2.29. The number of amides is 1. The van der Waals surface area contributed by atoms with Gasteiger partial charge in [0.05, 0.1) is 12.0 Å². The molecule has 0 saturated heterocycles. The molecule has 2 rings (SSSR count). The summed E-state index contributed by atoms with van der Waals surface area (Å²) < 4.78 is 0. The number of nitrogens with zero attached hydrogens (tertiary/aromatic N) is 2. The molecule has 1 amide bonds. The summed E-state index contributed by atoms with van der Waals surface area (Å²) in [4.78, 5) is 19.2. The first kappa shape index (κ1) is 23.7. The number of nitrogens with one attached hydrogen (secondary N) is 2. The lowest BCUT2D eigenvalue weighted by Crippen LogP contribution is -2.43. The quantitative estimate of drug-likeness (QED) is 0.353. The maximum atomic E-state index is 12.7. The number of benzene rings is 1. The summed E-state index contributed by atoms with van der Waals surface area (Å²) in [5, 5.41) is 6.72. The van der Waals surface area contributed by atoms with Crippen LogP contribution in [-0.4, -0.2) is 50.5 Å². The third-order valence-corrected chi connectivity index (χ3v) is 5.09. The van der Waals surface area contributed by atoms with Crippen LogP contribution in [0.3, 0.4) is 0 Å². The zero-order valence-corrected chi connectivity index (χ0v) is 19.5. The molecule has 0 spiro atoms.